The minimum absolute atomic E-state index is 0.0460. The molecule has 0 aromatic heterocycles. The van der Waals surface area contributed by atoms with Crippen LogP contribution < -0.4 is 10.6 Å². The van der Waals surface area contributed by atoms with Crippen LogP contribution >= 0.6 is 23.2 Å². The molecule has 2 heterocycles. The molecule has 2 aliphatic rings. The molecule has 0 saturated carbocycles. The zero-order chi connectivity index (χ0) is 19.4. The smallest absolute Gasteiger partial charge is 0.165 e. The Balaban J connectivity index is 2.11. The molecule has 0 fully saturated rings. The van der Waals surface area contributed by atoms with Crippen molar-refractivity contribution in [2.24, 2.45) is 20.2 Å². The predicted octanol–water partition coefficient (Wildman–Crippen LogP) is 1.28. The summed E-state index contributed by atoms with van der Waals surface area (Å²) in [6.07, 6.45) is 1.23. The molecule has 0 aliphatic carbocycles. The van der Waals surface area contributed by atoms with E-state index in [4.69, 9.17) is 33.4 Å². The number of azo groups is 1. The maximum Gasteiger partial charge on any atom is 0.165 e. The van der Waals surface area contributed by atoms with Crippen LogP contribution in [0, 0.1) is 0 Å². The summed E-state index contributed by atoms with van der Waals surface area (Å²) in [6.45, 7) is 6.93. The zero-order valence-electron chi connectivity index (χ0n) is 15.4. The highest BCUT2D eigenvalue weighted by Gasteiger charge is 2.42. The van der Waals surface area contributed by atoms with Crippen molar-refractivity contribution in [3.8, 4) is 0 Å². The maximum atomic E-state index is 9.10. The lowest BCUT2D eigenvalue weighted by Crippen LogP contribution is -2.49. The summed E-state index contributed by atoms with van der Waals surface area (Å²) in [5.41, 5.74) is -1.70. The number of hydrogen-bond acceptors (Lipinski definition) is 8. The fraction of sp³-hybridized carbons (Fsp3) is 0.875. The Labute approximate surface area is 164 Å². The molecule has 8 nitrogen and oxygen atoms in total. The molecule has 3 atom stereocenters. The number of nitrogens with one attached hydrogen (secondary N) is 2. The van der Waals surface area contributed by atoms with Gasteiger partial charge in [-0.2, -0.15) is 10.2 Å². The number of hydrogen-bond donors (Lipinski definition) is 4. The summed E-state index contributed by atoms with van der Waals surface area (Å²) in [5.74, 6) is 1.30. The lowest BCUT2D eigenvalue weighted by molar-refractivity contribution is 0.274. The van der Waals surface area contributed by atoms with E-state index in [0.717, 1.165) is 5.84 Å². The molecule has 2 rings (SSSR count). The van der Waals surface area contributed by atoms with Gasteiger partial charge in [0.1, 0.15) is 22.0 Å². The fourth-order valence-electron chi connectivity index (χ4n) is 2.76. The minimum atomic E-state index is -1.02. The van der Waals surface area contributed by atoms with Gasteiger partial charge in [0, 0.05) is 25.3 Å². The van der Waals surface area contributed by atoms with Gasteiger partial charge in [-0.3, -0.25) is 9.98 Å². The molecule has 2 aliphatic heterocycles. The van der Waals surface area contributed by atoms with E-state index in [9.17, 15) is 0 Å². The fourth-order valence-corrected chi connectivity index (χ4v) is 3.05. The van der Waals surface area contributed by atoms with Gasteiger partial charge in [-0.1, -0.05) is 0 Å². The molecular formula is C16H28Cl2N6O2. The van der Waals surface area contributed by atoms with Gasteiger partial charge in [-0.15, -0.1) is 23.2 Å². The first-order chi connectivity index (χ1) is 12.2. The monoisotopic (exact) mass is 406 g/mol. The summed E-state index contributed by atoms with van der Waals surface area (Å²) in [6, 6.07) is 0.162. The van der Waals surface area contributed by atoms with Gasteiger partial charge in [0.2, 0.25) is 0 Å². The molecular weight excluding hydrogens is 379 g/mol. The van der Waals surface area contributed by atoms with Crippen molar-refractivity contribution >= 4 is 34.9 Å². The van der Waals surface area contributed by atoms with Gasteiger partial charge in [-0.05, 0) is 33.6 Å². The molecule has 0 radical (unpaired) electrons. The molecule has 0 aromatic carbocycles. The van der Waals surface area contributed by atoms with E-state index in [1.54, 1.807) is 6.92 Å². The Morgan fingerprint density at radius 3 is 2.00 bits per heavy atom. The second kappa shape index (κ2) is 8.82. The van der Waals surface area contributed by atoms with Crippen molar-refractivity contribution in [2.75, 3.05) is 26.3 Å². The van der Waals surface area contributed by atoms with Gasteiger partial charge < -0.3 is 20.8 Å². The number of alkyl halides is 2. The number of aliphatic hydroxyl groups excluding tert-OH is 2. The lowest BCUT2D eigenvalue weighted by atomic mass is 10.0. The summed E-state index contributed by atoms with van der Waals surface area (Å²) in [4.78, 5) is 8.10. The number of rotatable bonds is 9. The molecule has 26 heavy (non-hydrogen) atoms. The van der Waals surface area contributed by atoms with E-state index in [1.165, 1.54) is 0 Å². The minimum Gasteiger partial charge on any atom is -0.396 e. The Kier molecular flexibility index (Phi) is 7.24. The molecule has 0 saturated heterocycles. The van der Waals surface area contributed by atoms with Crippen LogP contribution in [0.5, 0.6) is 0 Å². The second-order valence-electron chi connectivity index (χ2n) is 7.29. The van der Waals surface area contributed by atoms with Crippen LogP contribution in [0.15, 0.2) is 20.2 Å². The molecule has 0 amide bonds. The zero-order valence-corrected chi connectivity index (χ0v) is 16.9. The SMILES string of the molecule is CC(C)(N=NC(C)(C1=NCC(CCO)N1)C(Cl)Cl)C1=NCC(CCO)N1. The van der Waals surface area contributed by atoms with Crippen LogP contribution in [0.4, 0.5) is 0 Å². The van der Waals surface area contributed by atoms with Gasteiger partial charge in [0.25, 0.3) is 0 Å². The standard InChI is InChI=1S/C16H28Cl2N6O2/c1-15(2,13-19-8-10(21-13)4-6-25)23-24-16(3,12(17)18)14-20-9-11(22-14)5-7-26/h10-12,25-26H,4-9H2,1-3H3,(H,19,21)(H,20,22). The van der Waals surface area contributed by atoms with Crippen LogP contribution in [-0.4, -0.2) is 76.2 Å². The quantitative estimate of drug-likeness (QED) is 0.341. The molecule has 0 bridgehead atoms. The third-order valence-electron chi connectivity index (χ3n) is 4.57. The van der Waals surface area contributed by atoms with Gasteiger partial charge in [0.05, 0.1) is 13.1 Å². The normalized spacial score (nSPS) is 25.8. The number of amidine groups is 2. The van der Waals surface area contributed by atoms with Crippen LogP contribution in [-0.2, 0) is 0 Å². The van der Waals surface area contributed by atoms with Gasteiger partial charge >= 0.3 is 0 Å². The molecule has 0 spiro atoms. The highest BCUT2D eigenvalue weighted by molar-refractivity contribution is 6.46. The average Bonchev–Trinajstić information content (AvgIpc) is 3.23. The van der Waals surface area contributed by atoms with Crippen LogP contribution in [0.3, 0.4) is 0 Å². The Bertz CT molecular complexity index is 581. The maximum absolute atomic E-state index is 9.10. The van der Waals surface area contributed by atoms with Crippen LogP contribution in [0.2, 0.25) is 0 Å². The first kappa shape index (κ1) is 21.3. The third kappa shape index (κ3) is 4.85. The summed E-state index contributed by atoms with van der Waals surface area (Å²) < 4.78 is 0. The van der Waals surface area contributed by atoms with Crippen molar-refractivity contribution in [1.29, 1.82) is 0 Å². The largest absolute Gasteiger partial charge is 0.396 e. The molecule has 10 heteroatoms. The summed E-state index contributed by atoms with van der Waals surface area (Å²) in [5, 5.41) is 33.6. The van der Waals surface area contributed by atoms with E-state index in [-0.39, 0.29) is 25.3 Å². The highest BCUT2D eigenvalue weighted by Crippen LogP contribution is 2.29. The number of halogens is 2. The van der Waals surface area contributed by atoms with Gasteiger partial charge in [0.15, 0.2) is 5.54 Å². The van der Waals surface area contributed by atoms with E-state index >= 15 is 0 Å². The van der Waals surface area contributed by atoms with Crippen molar-refractivity contribution in [2.45, 2.75) is 61.6 Å². The molecule has 148 valence electrons. The van der Waals surface area contributed by atoms with Crippen molar-refractivity contribution in [3.63, 3.8) is 0 Å². The number of nitrogens with zero attached hydrogens (tertiary/aromatic N) is 4. The van der Waals surface area contributed by atoms with Crippen molar-refractivity contribution < 1.29 is 10.2 Å². The molecule has 0 aromatic rings. The highest BCUT2D eigenvalue weighted by atomic mass is 35.5. The van der Waals surface area contributed by atoms with Crippen molar-refractivity contribution in [3.05, 3.63) is 0 Å². The third-order valence-corrected chi connectivity index (χ3v) is 5.42. The Morgan fingerprint density at radius 2 is 1.50 bits per heavy atom. The van der Waals surface area contributed by atoms with Crippen LogP contribution in [0.1, 0.15) is 33.6 Å². The first-order valence-corrected chi connectivity index (χ1v) is 9.67. The number of aliphatic hydroxyl groups is 2. The Hall–Kier alpha value is -0.960. The van der Waals surface area contributed by atoms with Crippen LogP contribution in [0.25, 0.3) is 0 Å². The molecule has 3 unspecified atom stereocenters. The van der Waals surface area contributed by atoms with E-state index in [2.05, 4.69) is 30.8 Å². The summed E-state index contributed by atoms with van der Waals surface area (Å²) >= 11 is 12.4. The predicted molar refractivity (Wildman–Crippen MR) is 105 cm³/mol. The van der Waals surface area contributed by atoms with Gasteiger partial charge in [-0.25, -0.2) is 0 Å². The Morgan fingerprint density at radius 1 is 1.00 bits per heavy atom. The van der Waals surface area contributed by atoms with Crippen molar-refractivity contribution in [1.82, 2.24) is 10.6 Å². The lowest BCUT2D eigenvalue weighted by Gasteiger charge is -2.28. The average molecular weight is 407 g/mol. The van der Waals surface area contributed by atoms with E-state index in [0.29, 0.717) is 31.8 Å². The topological polar surface area (TPSA) is 114 Å². The first-order valence-electron chi connectivity index (χ1n) is 8.79. The van der Waals surface area contributed by atoms with E-state index in [1.807, 2.05) is 13.8 Å². The second-order valence-corrected chi connectivity index (χ2v) is 8.39. The number of aliphatic imine (C=N–C) groups is 2. The van der Waals surface area contributed by atoms with E-state index < -0.39 is 15.9 Å². The molecule has 4 N–H and O–H groups in total. The summed E-state index contributed by atoms with van der Waals surface area (Å²) in [7, 11) is 0.